The second-order valence-corrected chi connectivity index (χ2v) is 8.02. The first-order chi connectivity index (χ1) is 17.3. The topological polar surface area (TPSA) is 268 Å². The maximum absolute atomic E-state index is 13.0. The van der Waals surface area contributed by atoms with Gasteiger partial charge >= 0.3 is 17.9 Å². The molecular formula is C22H29N5O10. The van der Waals surface area contributed by atoms with Gasteiger partial charge in [-0.25, -0.2) is 4.79 Å². The number of amides is 4. The van der Waals surface area contributed by atoms with Crippen molar-refractivity contribution in [2.45, 2.75) is 56.3 Å². The summed E-state index contributed by atoms with van der Waals surface area (Å²) in [5, 5.41) is 33.8. The Labute approximate surface area is 210 Å². The van der Waals surface area contributed by atoms with Crippen LogP contribution in [0.15, 0.2) is 30.3 Å². The Bertz CT molecular complexity index is 1020. The van der Waals surface area contributed by atoms with Gasteiger partial charge in [0.25, 0.3) is 0 Å². The van der Waals surface area contributed by atoms with Crippen LogP contribution in [0.3, 0.4) is 0 Å². The summed E-state index contributed by atoms with van der Waals surface area (Å²) in [5.41, 5.74) is 11.1. The number of carboxylic acid groups (broad SMARTS) is 3. The van der Waals surface area contributed by atoms with Crippen LogP contribution in [0.4, 0.5) is 0 Å². The van der Waals surface area contributed by atoms with Crippen LogP contribution in [0.25, 0.3) is 0 Å². The van der Waals surface area contributed by atoms with Crippen LogP contribution in [0.2, 0.25) is 0 Å². The largest absolute Gasteiger partial charge is 0.481 e. The molecule has 10 N–H and O–H groups in total. The predicted molar refractivity (Wildman–Crippen MR) is 124 cm³/mol. The SMILES string of the molecule is NC(=O)CCC(NC(=O)C(CC(=O)O)NC(=O)C(Cc1ccccc1)NC(=O)C(N)CC(=O)O)C(=O)O. The third kappa shape index (κ3) is 11.6. The molecule has 0 aliphatic carbocycles. The second kappa shape index (κ2) is 14.8. The number of nitrogens with two attached hydrogens (primary N) is 2. The van der Waals surface area contributed by atoms with Gasteiger partial charge in [0.2, 0.25) is 23.6 Å². The molecule has 202 valence electrons. The summed E-state index contributed by atoms with van der Waals surface area (Å²) < 4.78 is 0. The van der Waals surface area contributed by atoms with Crippen molar-refractivity contribution in [2.24, 2.45) is 11.5 Å². The zero-order valence-corrected chi connectivity index (χ0v) is 19.6. The second-order valence-electron chi connectivity index (χ2n) is 8.02. The Hall–Kier alpha value is -4.53. The van der Waals surface area contributed by atoms with Crippen molar-refractivity contribution >= 4 is 41.5 Å². The van der Waals surface area contributed by atoms with Gasteiger partial charge in [0.1, 0.15) is 18.1 Å². The van der Waals surface area contributed by atoms with E-state index in [1.165, 1.54) is 0 Å². The zero-order valence-electron chi connectivity index (χ0n) is 19.6. The quantitative estimate of drug-likeness (QED) is 0.110. The highest BCUT2D eigenvalue weighted by Gasteiger charge is 2.32. The standard InChI is InChI=1S/C22H29N5O10/c23-12(9-17(29)30)19(33)26-14(8-11-4-2-1-3-5-11)20(34)27-15(10-18(31)32)21(35)25-13(22(36)37)6-7-16(24)28/h1-5,12-15H,6-10,23H2,(H2,24,28)(H,25,35)(H,26,33)(H,27,34)(H,29,30)(H,31,32)(H,36,37). The summed E-state index contributed by atoms with van der Waals surface area (Å²) in [7, 11) is 0. The van der Waals surface area contributed by atoms with E-state index in [1.54, 1.807) is 30.3 Å². The Morgan fingerprint density at radius 2 is 1.24 bits per heavy atom. The summed E-state index contributed by atoms with van der Waals surface area (Å²) in [4.78, 5) is 82.6. The molecule has 4 atom stereocenters. The van der Waals surface area contributed by atoms with Gasteiger partial charge in [-0.1, -0.05) is 30.3 Å². The lowest BCUT2D eigenvalue weighted by Crippen LogP contribution is -2.58. The Morgan fingerprint density at radius 1 is 0.730 bits per heavy atom. The van der Waals surface area contributed by atoms with Crippen molar-refractivity contribution in [2.75, 3.05) is 0 Å². The summed E-state index contributed by atoms with van der Waals surface area (Å²) in [6.07, 6.45) is -2.55. The monoisotopic (exact) mass is 523 g/mol. The molecule has 1 rings (SSSR count). The molecule has 0 aliphatic rings. The average Bonchev–Trinajstić information content (AvgIpc) is 2.80. The third-order valence-electron chi connectivity index (χ3n) is 4.95. The third-order valence-corrected chi connectivity index (χ3v) is 4.95. The van der Waals surface area contributed by atoms with Crippen LogP contribution in [-0.2, 0) is 40.0 Å². The molecule has 37 heavy (non-hydrogen) atoms. The molecule has 0 spiro atoms. The summed E-state index contributed by atoms with van der Waals surface area (Å²) in [6.45, 7) is 0. The van der Waals surface area contributed by atoms with Crippen molar-refractivity contribution in [1.29, 1.82) is 0 Å². The van der Waals surface area contributed by atoms with Gasteiger partial charge in [-0.05, 0) is 12.0 Å². The molecule has 0 fully saturated rings. The lowest BCUT2D eigenvalue weighted by molar-refractivity contribution is -0.143. The molecule has 1 aromatic rings. The van der Waals surface area contributed by atoms with Crippen LogP contribution in [0.1, 0.15) is 31.2 Å². The van der Waals surface area contributed by atoms with E-state index >= 15 is 0 Å². The minimum atomic E-state index is -1.76. The molecule has 0 aliphatic heterocycles. The summed E-state index contributed by atoms with van der Waals surface area (Å²) >= 11 is 0. The Kier molecular flexibility index (Phi) is 12.2. The van der Waals surface area contributed by atoms with Gasteiger partial charge in [-0.2, -0.15) is 0 Å². The number of nitrogens with one attached hydrogen (secondary N) is 3. The van der Waals surface area contributed by atoms with Crippen molar-refractivity contribution in [3.05, 3.63) is 35.9 Å². The average molecular weight is 523 g/mol. The number of aliphatic carboxylic acids is 3. The van der Waals surface area contributed by atoms with Crippen LogP contribution >= 0.6 is 0 Å². The van der Waals surface area contributed by atoms with Crippen molar-refractivity contribution in [3.63, 3.8) is 0 Å². The normalized spacial score (nSPS) is 13.8. The molecule has 0 heterocycles. The van der Waals surface area contributed by atoms with E-state index in [0.717, 1.165) is 0 Å². The number of rotatable bonds is 16. The van der Waals surface area contributed by atoms with E-state index < -0.39 is 78.5 Å². The Balaban J connectivity index is 3.11. The lowest BCUT2D eigenvalue weighted by Gasteiger charge is -2.24. The molecule has 0 saturated carbocycles. The van der Waals surface area contributed by atoms with E-state index in [1.807, 2.05) is 0 Å². The van der Waals surface area contributed by atoms with Gasteiger partial charge in [0, 0.05) is 12.8 Å². The summed E-state index contributed by atoms with van der Waals surface area (Å²) in [6, 6.07) is 2.01. The fourth-order valence-electron chi connectivity index (χ4n) is 3.09. The number of carbonyl (C=O) groups is 7. The van der Waals surface area contributed by atoms with Gasteiger partial charge in [-0.3, -0.25) is 28.8 Å². The van der Waals surface area contributed by atoms with Crippen molar-refractivity contribution in [3.8, 4) is 0 Å². The van der Waals surface area contributed by atoms with Gasteiger partial charge in [0.05, 0.1) is 18.9 Å². The highest BCUT2D eigenvalue weighted by Crippen LogP contribution is 2.06. The number of carboxylic acids is 3. The maximum atomic E-state index is 13.0. The first kappa shape index (κ1) is 30.5. The molecule has 1 aromatic carbocycles. The first-order valence-corrected chi connectivity index (χ1v) is 11.0. The minimum Gasteiger partial charge on any atom is -0.481 e. The molecule has 0 aromatic heterocycles. The fourth-order valence-corrected chi connectivity index (χ4v) is 3.09. The van der Waals surface area contributed by atoms with Crippen molar-refractivity contribution in [1.82, 2.24) is 16.0 Å². The number of hydrogen-bond donors (Lipinski definition) is 8. The molecule has 0 radical (unpaired) electrons. The van der Waals surface area contributed by atoms with E-state index in [4.69, 9.17) is 16.6 Å². The predicted octanol–water partition coefficient (Wildman–Crippen LogP) is -2.69. The molecule has 15 heteroatoms. The highest BCUT2D eigenvalue weighted by atomic mass is 16.4. The van der Waals surface area contributed by atoms with Gasteiger partial charge in [-0.15, -0.1) is 0 Å². The van der Waals surface area contributed by atoms with Crippen LogP contribution in [0.5, 0.6) is 0 Å². The molecule has 0 saturated heterocycles. The summed E-state index contributed by atoms with van der Waals surface area (Å²) in [5.74, 6) is -8.35. The van der Waals surface area contributed by atoms with E-state index in [9.17, 15) is 43.8 Å². The van der Waals surface area contributed by atoms with Gasteiger partial charge < -0.3 is 42.7 Å². The van der Waals surface area contributed by atoms with Crippen LogP contribution < -0.4 is 27.4 Å². The van der Waals surface area contributed by atoms with Crippen molar-refractivity contribution < 1.29 is 48.9 Å². The van der Waals surface area contributed by atoms with Crippen LogP contribution in [0, 0.1) is 0 Å². The maximum Gasteiger partial charge on any atom is 0.326 e. The van der Waals surface area contributed by atoms with Crippen LogP contribution in [-0.4, -0.2) is 81.0 Å². The smallest absolute Gasteiger partial charge is 0.326 e. The molecule has 4 amide bonds. The van der Waals surface area contributed by atoms with E-state index in [2.05, 4.69) is 16.0 Å². The molecule has 4 unspecified atom stereocenters. The molecule has 0 bridgehead atoms. The number of hydrogen-bond acceptors (Lipinski definition) is 8. The van der Waals surface area contributed by atoms with E-state index in [0.29, 0.717) is 5.56 Å². The Morgan fingerprint density at radius 3 is 1.76 bits per heavy atom. The number of benzene rings is 1. The lowest BCUT2D eigenvalue weighted by atomic mass is 10.0. The fraction of sp³-hybridized carbons (Fsp3) is 0.409. The molecular weight excluding hydrogens is 494 g/mol. The zero-order chi connectivity index (χ0) is 28.1. The number of carbonyl (C=O) groups excluding carboxylic acids is 4. The first-order valence-electron chi connectivity index (χ1n) is 11.0. The van der Waals surface area contributed by atoms with Gasteiger partial charge in [0.15, 0.2) is 0 Å². The van der Waals surface area contributed by atoms with E-state index in [-0.39, 0.29) is 19.3 Å². The molecule has 15 nitrogen and oxygen atoms in total. The minimum absolute atomic E-state index is 0.129. The highest BCUT2D eigenvalue weighted by molar-refractivity contribution is 5.96. The number of primary amides is 1.